The van der Waals surface area contributed by atoms with Gasteiger partial charge >= 0.3 is 0 Å². The van der Waals surface area contributed by atoms with Crippen LogP contribution in [0.5, 0.6) is 5.75 Å². The zero-order valence-electron chi connectivity index (χ0n) is 17.1. The first-order valence-electron chi connectivity index (χ1n) is 9.92. The van der Waals surface area contributed by atoms with Gasteiger partial charge in [-0.3, -0.25) is 4.79 Å². The second kappa shape index (κ2) is 8.97. The van der Waals surface area contributed by atoms with E-state index < -0.39 is 10.0 Å². The predicted octanol–water partition coefficient (Wildman–Crippen LogP) is 3.67. The molecule has 1 fully saturated rings. The number of carbonyl (C=O) groups excluding carboxylic acids is 1. The molecule has 1 aliphatic rings. The SMILES string of the molecule is CCC(NC(=O)c1cccc(S(=O)(=O)N2CCCC2)c1)c1ccc(OC)c(C)c1. The zero-order chi connectivity index (χ0) is 21.0. The lowest BCUT2D eigenvalue weighted by atomic mass is 10.0. The maximum absolute atomic E-state index is 12.9. The van der Waals surface area contributed by atoms with Gasteiger partial charge in [-0.1, -0.05) is 25.1 Å². The highest BCUT2D eigenvalue weighted by Crippen LogP contribution is 2.25. The first-order chi connectivity index (χ1) is 13.9. The second-order valence-corrected chi connectivity index (χ2v) is 9.24. The molecule has 1 saturated heterocycles. The van der Waals surface area contributed by atoms with Crippen LogP contribution in [0.15, 0.2) is 47.4 Å². The van der Waals surface area contributed by atoms with Crippen molar-refractivity contribution in [3.63, 3.8) is 0 Å². The number of amides is 1. The van der Waals surface area contributed by atoms with Gasteiger partial charge in [0.05, 0.1) is 18.0 Å². The van der Waals surface area contributed by atoms with Crippen molar-refractivity contribution < 1.29 is 17.9 Å². The second-order valence-electron chi connectivity index (χ2n) is 7.30. The third-order valence-corrected chi connectivity index (χ3v) is 7.23. The van der Waals surface area contributed by atoms with Crippen LogP contribution in [-0.4, -0.2) is 38.8 Å². The fourth-order valence-electron chi connectivity index (χ4n) is 3.66. The van der Waals surface area contributed by atoms with Gasteiger partial charge in [-0.25, -0.2) is 8.42 Å². The Bertz CT molecular complexity index is 982. The van der Waals surface area contributed by atoms with E-state index in [1.165, 1.54) is 10.4 Å². The van der Waals surface area contributed by atoms with Crippen LogP contribution in [0.3, 0.4) is 0 Å². The number of ether oxygens (including phenoxy) is 1. The van der Waals surface area contributed by atoms with E-state index in [4.69, 9.17) is 4.74 Å². The summed E-state index contributed by atoms with van der Waals surface area (Å²) in [6, 6.07) is 11.9. The molecule has 0 radical (unpaired) electrons. The molecule has 1 aliphatic heterocycles. The number of methoxy groups -OCH3 is 1. The molecular formula is C22H28N2O4S. The Hall–Kier alpha value is -2.38. The Morgan fingerprint density at radius 1 is 1.17 bits per heavy atom. The van der Waals surface area contributed by atoms with Crippen LogP contribution in [0.2, 0.25) is 0 Å². The summed E-state index contributed by atoms with van der Waals surface area (Å²) in [5.74, 6) is 0.513. The lowest BCUT2D eigenvalue weighted by molar-refractivity contribution is 0.0935. The largest absolute Gasteiger partial charge is 0.496 e. The van der Waals surface area contributed by atoms with Gasteiger partial charge < -0.3 is 10.1 Å². The first-order valence-corrected chi connectivity index (χ1v) is 11.4. The molecular weight excluding hydrogens is 388 g/mol. The predicted molar refractivity (Wildman–Crippen MR) is 113 cm³/mol. The Balaban J connectivity index is 1.80. The van der Waals surface area contributed by atoms with Crippen molar-refractivity contribution in [2.45, 2.75) is 44.0 Å². The van der Waals surface area contributed by atoms with Crippen molar-refractivity contribution in [1.82, 2.24) is 9.62 Å². The maximum atomic E-state index is 12.9. The summed E-state index contributed by atoms with van der Waals surface area (Å²) in [6.07, 6.45) is 2.46. The number of nitrogens with one attached hydrogen (secondary N) is 1. The number of hydrogen-bond donors (Lipinski definition) is 1. The summed E-state index contributed by atoms with van der Waals surface area (Å²) in [6.45, 7) is 5.03. The number of carbonyl (C=O) groups is 1. The molecule has 1 unspecified atom stereocenters. The molecule has 0 aromatic heterocycles. The van der Waals surface area contributed by atoms with E-state index in [2.05, 4.69) is 5.32 Å². The molecule has 6 nitrogen and oxygen atoms in total. The highest BCUT2D eigenvalue weighted by atomic mass is 32.2. The van der Waals surface area contributed by atoms with Gasteiger partial charge in [-0.05, 0) is 61.6 Å². The van der Waals surface area contributed by atoms with E-state index in [1.54, 1.807) is 25.3 Å². The monoisotopic (exact) mass is 416 g/mol. The van der Waals surface area contributed by atoms with Gasteiger partial charge in [-0.15, -0.1) is 0 Å². The number of benzene rings is 2. The molecule has 2 aromatic carbocycles. The topological polar surface area (TPSA) is 75.7 Å². The zero-order valence-corrected chi connectivity index (χ0v) is 18.0. The number of rotatable bonds is 7. The van der Waals surface area contributed by atoms with E-state index in [9.17, 15) is 13.2 Å². The molecule has 0 aliphatic carbocycles. The first kappa shape index (κ1) is 21.3. The highest BCUT2D eigenvalue weighted by Gasteiger charge is 2.27. The summed E-state index contributed by atoms with van der Waals surface area (Å²) in [4.78, 5) is 13.0. The van der Waals surface area contributed by atoms with Crippen molar-refractivity contribution in [3.8, 4) is 5.75 Å². The molecule has 7 heteroatoms. The molecule has 29 heavy (non-hydrogen) atoms. The summed E-state index contributed by atoms with van der Waals surface area (Å²) in [5.41, 5.74) is 2.32. The minimum Gasteiger partial charge on any atom is -0.496 e. The minimum atomic E-state index is -3.55. The van der Waals surface area contributed by atoms with E-state index in [-0.39, 0.29) is 16.8 Å². The van der Waals surface area contributed by atoms with Crippen molar-refractivity contribution in [1.29, 1.82) is 0 Å². The summed E-state index contributed by atoms with van der Waals surface area (Å²) in [5, 5.41) is 3.02. The van der Waals surface area contributed by atoms with E-state index in [0.717, 1.165) is 29.7 Å². The molecule has 0 saturated carbocycles. The van der Waals surface area contributed by atoms with E-state index in [0.29, 0.717) is 25.1 Å². The fourth-order valence-corrected chi connectivity index (χ4v) is 5.22. The Morgan fingerprint density at radius 3 is 2.52 bits per heavy atom. The van der Waals surface area contributed by atoms with Crippen molar-refractivity contribution >= 4 is 15.9 Å². The number of aryl methyl sites for hydroxylation is 1. The van der Waals surface area contributed by atoms with Gasteiger partial charge in [0.15, 0.2) is 0 Å². The highest BCUT2D eigenvalue weighted by molar-refractivity contribution is 7.89. The van der Waals surface area contributed by atoms with Crippen LogP contribution in [0, 0.1) is 6.92 Å². The minimum absolute atomic E-state index is 0.167. The smallest absolute Gasteiger partial charge is 0.251 e. The third-order valence-electron chi connectivity index (χ3n) is 5.33. The third kappa shape index (κ3) is 4.62. The molecule has 2 aromatic rings. The average Bonchev–Trinajstić information content (AvgIpc) is 3.27. The molecule has 1 N–H and O–H groups in total. The van der Waals surface area contributed by atoms with Gasteiger partial charge in [0.1, 0.15) is 5.75 Å². The number of hydrogen-bond acceptors (Lipinski definition) is 4. The number of nitrogens with zero attached hydrogens (tertiary/aromatic N) is 1. The molecule has 156 valence electrons. The lowest BCUT2D eigenvalue weighted by Crippen LogP contribution is -2.30. The Morgan fingerprint density at radius 2 is 1.90 bits per heavy atom. The fraction of sp³-hybridized carbons (Fsp3) is 0.409. The van der Waals surface area contributed by atoms with Crippen LogP contribution >= 0.6 is 0 Å². The average molecular weight is 417 g/mol. The Kier molecular flexibility index (Phi) is 6.59. The van der Waals surface area contributed by atoms with Crippen LogP contribution in [0.1, 0.15) is 53.7 Å². The molecule has 1 heterocycles. The van der Waals surface area contributed by atoms with Crippen LogP contribution in [-0.2, 0) is 10.0 Å². The molecule has 1 amide bonds. The van der Waals surface area contributed by atoms with Gasteiger partial charge in [0, 0.05) is 18.7 Å². The Labute approximate surface area is 172 Å². The molecule has 0 spiro atoms. The van der Waals surface area contributed by atoms with E-state index in [1.807, 2.05) is 32.0 Å². The van der Waals surface area contributed by atoms with Crippen molar-refractivity contribution in [2.24, 2.45) is 0 Å². The van der Waals surface area contributed by atoms with Crippen LogP contribution in [0.4, 0.5) is 0 Å². The summed E-state index contributed by atoms with van der Waals surface area (Å²) < 4.78 is 32.4. The van der Waals surface area contributed by atoms with Gasteiger partial charge in [-0.2, -0.15) is 4.31 Å². The maximum Gasteiger partial charge on any atom is 0.251 e. The molecule has 1 atom stereocenters. The van der Waals surface area contributed by atoms with E-state index >= 15 is 0 Å². The lowest BCUT2D eigenvalue weighted by Gasteiger charge is -2.20. The molecule has 0 bridgehead atoms. The van der Waals surface area contributed by atoms with Gasteiger partial charge in [0.25, 0.3) is 5.91 Å². The molecule has 3 rings (SSSR count). The number of sulfonamides is 1. The summed E-state index contributed by atoms with van der Waals surface area (Å²) >= 11 is 0. The standard InChI is InChI=1S/C22H28N2O4S/c1-4-20(17-10-11-21(28-3)16(2)14-17)23-22(25)18-8-7-9-19(15-18)29(26,27)24-12-5-6-13-24/h7-11,14-15,20H,4-6,12-13H2,1-3H3,(H,23,25). The quantitative estimate of drug-likeness (QED) is 0.747. The van der Waals surface area contributed by atoms with Gasteiger partial charge in [0.2, 0.25) is 10.0 Å². The van der Waals surface area contributed by atoms with Crippen molar-refractivity contribution in [3.05, 3.63) is 59.2 Å². The van der Waals surface area contributed by atoms with Crippen molar-refractivity contribution in [2.75, 3.05) is 20.2 Å². The normalized spacial score (nSPS) is 15.8. The van der Waals surface area contributed by atoms with Crippen LogP contribution in [0.25, 0.3) is 0 Å². The summed E-state index contributed by atoms with van der Waals surface area (Å²) in [7, 11) is -1.93. The van der Waals surface area contributed by atoms with Crippen LogP contribution < -0.4 is 10.1 Å².